The quantitative estimate of drug-likeness (QED) is 0.184. The highest BCUT2D eigenvalue weighted by molar-refractivity contribution is 14.0. The number of aryl methyl sites for hydroxylation is 1. The normalized spacial score (nSPS) is 12.2. The fourth-order valence-electron chi connectivity index (χ4n) is 3.33. The SMILES string of the molecule is CCNC(=NCc1coc(-c2ccc(C)cc2)n1)NC(C)c1cccc(-n2cccn2)c1.I. The minimum absolute atomic E-state index is 0. The second-order valence-electron chi connectivity index (χ2n) is 7.62. The van der Waals surface area contributed by atoms with Gasteiger partial charge in [0.15, 0.2) is 5.96 Å². The van der Waals surface area contributed by atoms with Crippen LogP contribution in [0.3, 0.4) is 0 Å². The molecule has 4 rings (SSSR count). The second-order valence-corrected chi connectivity index (χ2v) is 7.62. The average molecular weight is 556 g/mol. The Balaban J connectivity index is 0.00000306. The van der Waals surface area contributed by atoms with E-state index in [1.165, 1.54) is 5.56 Å². The summed E-state index contributed by atoms with van der Waals surface area (Å²) in [7, 11) is 0. The zero-order chi connectivity index (χ0) is 22.3. The highest BCUT2D eigenvalue weighted by atomic mass is 127. The number of nitrogens with one attached hydrogen (secondary N) is 2. The molecule has 0 saturated heterocycles. The van der Waals surface area contributed by atoms with Gasteiger partial charge in [0, 0.05) is 24.5 Å². The van der Waals surface area contributed by atoms with Crippen molar-refractivity contribution in [3.63, 3.8) is 0 Å². The van der Waals surface area contributed by atoms with Crippen molar-refractivity contribution in [2.45, 2.75) is 33.4 Å². The van der Waals surface area contributed by atoms with E-state index in [0.717, 1.165) is 35.0 Å². The van der Waals surface area contributed by atoms with Gasteiger partial charge in [-0.05, 0) is 56.7 Å². The molecule has 0 amide bonds. The number of aromatic nitrogens is 3. The van der Waals surface area contributed by atoms with Crippen LogP contribution in [0.1, 0.15) is 36.7 Å². The summed E-state index contributed by atoms with van der Waals surface area (Å²) in [6.45, 7) is 7.40. The molecule has 1 atom stereocenters. The largest absolute Gasteiger partial charge is 0.444 e. The molecule has 2 heterocycles. The summed E-state index contributed by atoms with van der Waals surface area (Å²) >= 11 is 0. The molecule has 8 heteroatoms. The molecule has 0 radical (unpaired) electrons. The lowest BCUT2D eigenvalue weighted by molar-refractivity contribution is 0.572. The third-order valence-electron chi connectivity index (χ3n) is 5.09. The summed E-state index contributed by atoms with van der Waals surface area (Å²) in [5, 5.41) is 11.1. The van der Waals surface area contributed by atoms with Gasteiger partial charge in [-0.3, -0.25) is 0 Å². The predicted octanol–water partition coefficient (Wildman–Crippen LogP) is 5.27. The Kier molecular flexibility index (Phi) is 8.65. The number of halogens is 1. The van der Waals surface area contributed by atoms with Crippen LogP contribution in [0.25, 0.3) is 17.1 Å². The molecule has 0 saturated carbocycles. The number of hydrogen-bond acceptors (Lipinski definition) is 4. The minimum Gasteiger partial charge on any atom is -0.444 e. The highest BCUT2D eigenvalue weighted by Crippen LogP contribution is 2.20. The molecule has 2 aromatic heterocycles. The van der Waals surface area contributed by atoms with E-state index >= 15 is 0 Å². The maximum atomic E-state index is 5.65. The van der Waals surface area contributed by atoms with Crippen LogP contribution in [0, 0.1) is 6.92 Å². The zero-order valence-corrected chi connectivity index (χ0v) is 21.4. The first-order valence-corrected chi connectivity index (χ1v) is 10.8. The molecule has 0 spiro atoms. The smallest absolute Gasteiger partial charge is 0.226 e. The molecule has 2 aromatic carbocycles. The van der Waals surface area contributed by atoms with E-state index in [-0.39, 0.29) is 30.0 Å². The van der Waals surface area contributed by atoms with Crippen LogP contribution in [0.2, 0.25) is 0 Å². The summed E-state index contributed by atoms with van der Waals surface area (Å²) in [6, 6.07) is 18.4. The van der Waals surface area contributed by atoms with E-state index in [4.69, 9.17) is 9.41 Å². The number of nitrogens with zero attached hydrogens (tertiary/aromatic N) is 4. The van der Waals surface area contributed by atoms with Crippen LogP contribution < -0.4 is 10.6 Å². The van der Waals surface area contributed by atoms with Crippen molar-refractivity contribution in [1.82, 2.24) is 25.4 Å². The first kappa shape index (κ1) is 24.5. The van der Waals surface area contributed by atoms with E-state index < -0.39 is 0 Å². The Hall–Kier alpha value is -3.14. The van der Waals surface area contributed by atoms with Gasteiger partial charge in [0.25, 0.3) is 0 Å². The summed E-state index contributed by atoms with van der Waals surface area (Å²) in [5.74, 6) is 1.33. The van der Waals surface area contributed by atoms with Crippen molar-refractivity contribution in [2.24, 2.45) is 4.99 Å². The number of rotatable bonds is 7. The molecule has 2 N–H and O–H groups in total. The topological polar surface area (TPSA) is 80.3 Å². The van der Waals surface area contributed by atoms with Gasteiger partial charge in [-0.1, -0.05) is 29.8 Å². The maximum Gasteiger partial charge on any atom is 0.226 e. The monoisotopic (exact) mass is 556 g/mol. The van der Waals surface area contributed by atoms with Gasteiger partial charge in [-0.15, -0.1) is 24.0 Å². The lowest BCUT2D eigenvalue weighted by Crippen LogP contribution is -2.38. The summed E-state index contributed by atoms with van der Waals surface area (Å²) in [4.78, 5) is 9.28. The first-order valence-electron chi connectivity index (χ1n) is 10.8. The Labute approximate surface area is 211 Å². The number of hydrogen-bond donors (Lipinski definition) is 2. The van der Waals surface area contributed by atoms with Crippen molar-refractivity contribution >= 4 is 29.9 Å². The molecule has 7 nitrogen and oxygen atoms in total. The molecule has 4 aromatic rings. The van der Waals surface area contributed by atoms with E-state index in [1.807, 2.05) is 60.3 Å². The van der Waals surface area contributed by atoms with Gasteiger partial charge >= 0.3 is 0 Å². The van der Waals surface area contributed by atoms with Crippen LogP contribution in [0.4, 0.5) is 0 Å². The number of aliphatic imine (C=N–C) groups is 1. The number of benzene rings is 2. The Morgan fingerprint density at radius 1 is 1.15 bits per heavy atom. The van der Waals surface area contributed by atoms with Gasteiger partial charge in [-0.25, -0.2) is 14.7 Å². The first-order chi connectivity index (χ1) is 15.6. The standard InChI is InChI=1S/C25H28N6O.HI/c1-4-26-25(27-16-22-17-32-24(30-22)20-11-9-18(2)10-12-20)29-19(3)21-7-5-8-23(15-21)31-14-6-13-28-31;/h5-15,17,19H,4,16H2,1-3H3,(H2,26,27,29);1H. The molecule has 0 aliphatic carbocycles. The van der Waals surface area contributed by atoms with Gasteiger partial charge < -0.3 is 15.1 Å². The molecule has 1 unspecified atom stereocenters. The average Bonchev–Trinajstić information content (AvgIpc) is 3.51. The predicted molar refractivity (Wildman–Crippen MR) is 142 cm³/mol. The van der Waals surface area contributed by atoms with E-state index in [9.17, 15) is 0 Å². The molecule has 172 valence electrons. The minimum atomic E-state index is 0. The molecule has 0 fully saturated rings. The fourth-order valence-corrected chi connectivity index (χ4v) is 3.33. The zero-order valence-electron chi connectivity index (χ0n) is 19.0. The van der Waals surface area contributed by atoms with Crippen LogP contribution in [-0.2, 0) is 6.54 Å². The number of oxazole rings is 1. The van der Waals surface area contributed by atoms with Crippen molar-refractivity contribution in [3.05, 3.63) is 90.1 Å². The summed E-state index contributed by atoms with van der Waals surface area (Å²) in [6.07, 6.45) is 5.38. The van der Waals surface area contributed by atoms with Gasteiger partial charge in [-0.2, -0.15) is 5.10 Å². The summed E-state index contributed by atoms with van der Waals surface area (Å²) < 4.78 is 7.51. The van der Waals surface area contributed by atoms with E-state index in [0.29, 0.717) is 12.4 Å². The lowest BCUT2D eigenvalue weighted by Gasteiger charge is -2.18. The molecule has 0 aliphatic heterocycles. The molecular weight excluding hydrogens is 527 g/mol. The van der Waals surface area contributed by atoms with Crippen molar-refractivity contribution < 1.29 is 4.42 Å². The third-order valence-corrected chi connectivity index (χ3v) is 5.09. The summed E-state index contributed by atoms with van der Waals surface area (Å²) in [5.41, 5.74) is 5.12. The van der Waals surface area contributed by atoms with E-state index in [1.54, 1.807) is 12.5 Å². The van der Waals surface area contributed by atoms with Crippen molar-refractivity contribution in [3.8, 4) is 17.1 Å². The van der Waals surface area contributed by atoms with Crippen LogP contribution in [-0.4, -0.2) is 27.3 Å². The van der Waals surface area contributed by atoms with Crippen LogP contribution in [0.5, 0.6) is 0 Å². The van der Waals surface area contributed by atoms with Crippen LogP contribution in [0.15, 0.2) is 82.7 Å². The molecule has 33 heavy (non-hydrogen) atoms. The van der Waals surface area contributed by atoms with Gasteiger partial charge in [0.05, 0.1) is 18.3 Å². The Bertz CT molecular complexity index is 1170. The Morgan fingerprint density at radius 3 is 2.70 bits per heavy atom. The molecule has 0 aliphatic rings. The second kappa shape index (κ2) is 11.6. The third kappa shape index (κ3) is 6.44. The fraction of sp³-hybridized carbons (Fsp3) is 0.240. The maximum absolute atomic E-state index is 5.65. The van der Waals surface area contributed by atoms with Gasteiger partial charge in [0.1, 0.15) is 12.0 Å². The highest BCUT2D eigenvalue weighted by Gasteiger charge is 2.11. The molecular formula is C25H29IN6O. The lowest BCUT2D eigenvalue weighted by atomic mass is 10.1. The molecule has 0 bridgehead atoms. The van der Waals surface area contributed by atoms with Crippen LogP contribution >= 0.6 is 24.0 Å². The van der Waals surface area contributed by atoms with Crippen molar-refractivity contribution in [1.29, 1.82) is 0 Å². The Morgan fingerprint density at radius 2 is 1.97 bits per heavy atom. The van der Waals surface area contributed by atoms with E-state index in [2.05, 4.69) is 46.7 Å². The number of guanidine groups is 1. The van der Waals surface area contributed by atoms with Crippen molar-refractivity contribution in [2.75, 3.05) is 6.54 Å². The van der Waals surface area contributed by atoms with Gasteiger partial charge in [0.2, 0.25) is 5.89 Å².